The second-order valence-electron chi connectivity index (χ2n) is 4.87. The molecule has 0 radical (unpaired) electrons. The molecule has 1 heterocycles. The van der Waals surface area contributed by atoms with Crippen LogP contribution in [0.25, 0.3) is 0 Å². The molecule has 5 heteroatoms. The maximum Gasteiger partial charge on any atom is 0.216 e. The molecule has 0 spiro atoms. The topological polar surface area (TPSA) is 47.0 Å². The van der Waals surface area contributed by atoms with E-state index in [1.807, 2.05) is 6.07 Å². The van der Waals surface area contributed by atoms with Gasteiger partial charge in [0.2, 0.25) is 5.88 Å². The van der Waals surface area contributed by atoms with Crippen LogP contribution >= 0.6 is 15.9 Å². The van der Waals surface area contributed by atoms with Gasteiger partial charge in [0.05, 0.1) is 7.11 Å². The predicted molar refractivity (Wildman–Crippen MR) is 87.6 cm³/mol. The fourth-order valence-corrected chi connectivity index (χ4v) is 2.71. The summed E-state index contributed by atoms with van der Waals surface area (Å²) in [5, 5.41) is 3.53. The smallest absolute Gasteiger partial charge is 0.216 e. The Morgan fingerprint density at radius 3 is 2.81 bits per heavy atom. The van der Waals surface area contributed by atoms with Gasteiger partial charge in [0.25, 0.3) is 0 Å². The lowest BCUT2D eigenvalue weighted by molar-refractivity contribution is 0.395. The molecule has 0 saturated heterocycles. The fraction of sp³-hybridized carbons (Fsp3) is 0.375. The van der Waals surface area contributed by atoms with Gasteiger partial charge in [-0.1, -0.05) is 28.9 Å². The Kier molecular flexibility index (Phi) is 5.70. The number of nitrogens with zero attached hydrogens (tertiary/aromatic N) is 2. The van der Waals surface area contributed by atoms with E-state index < -0.39 is 0 Å². The average molecular weight is 350 g/mol. The van der Waals surface area contributed by atoms with Crippen LogP contribution in [0.3, 0.4) is 0 Å². The van der Waals surface area contributed by atoms with E-state index >= 15 is 0 Å². The van der Waals surface area contributed by atoms with Gasteiger partial charge in [0.15, 0.2) is 0 Å². The summed E-state index contributed by atoms with van der Waals surface area (Å²) < 4.78 is 6.26. The van der Waals surface area contributed by atoms with Crippen LogP contribution in [0, 0.1) is 6.92 Å². The van der Waals surface area contributed by atoms with E-state index in [-0.39, 0.29) is 6.04 Å². The first kappa shape index (κ1) is 15.9. The molecule has 21 heavy (non-hydrogen) atoms. The van der Waals surface area contributed by atoms with Crippen molar-refractivity contribution in [3.63, 3.8) is 0 Å². The highest BCUT2D eigenvalue weighted by molar-refractivity contribution is 9.10. The summed E-state index contributed by atoms with van der Waals surface area (Å²) in [4.78, 5) is 8.40. The van der Waals surface area contributed by atoms with Crippen molar-refractivity contribution in [3.8, 4) is 5.88 Å². The van der Waals surface area contributed by atoms with Gasteiger partial charge in [-0.2, -0.15) is 0 Å². The molecule has 0 aliphatic rings. The maximum atomic E-state index is 5.17. The first-order valence-electron chi connectivity index (χ1n) is 6.98. The third-order valence-electron chi connectivity index (χ3n) is 3.39. The second kappa shape index (κ2) is 7.52. The van der Waals surface area contributed by atoms with E-state index in [4.69, 9.17) is 4.74 Å². The first-order valence-corrected chi connectivity index (χ1v) is 7.77. The predicted octanol–water partition coefficient (Wildman–Crippen LogP) is 3.45. The van der Waals surface area contributed by atoms with Gasteiger partial charge >= 0.3 is 0 Å². The Bertz CT molecular complexity index is 604. The first-order chi connectivity index (χ1) is 10.1. The van der Waals surface area contributed by atoms with E-state index in [0.717, 1.165) is 23.1 Å². The Labute approximate surface area is 134 Å². The van der Waals surface area contributed by atoms with Gasteiger partial charge in [0, 0.05) is 28.7 Å². The largest absolute Gasteiger partial charge is 0.481 e. The number of methoxy groups -OCH3 is 1. The van der Waals surface area contributed by atoms with E-state index in [9.17, 15) is 0 Å². The Hall–Kier alpha value is -1.46. The summed E-state index contributed by atoms with van der Waals surface area (Å²) in [6.07, 6.45) is 2.34. The molecular weight excluding hydrogens is 330 g/mol. The quantitative estimate of drug-likeness (QED) is 0.867. The Morgan fingerprint density at radius 1 is 1.29 bits per heavy atom. The monoisotopic (exact) mass is 349 g/mol. The molecule has 1 aromatic carbocycles. The lowest BCUT2D eigenvalue weighted by Crippen LogP contribution is -2.24. The number of rotatable bonds is 6. The third kappa shape index (κ3) is 4.25. The van der Waals surface area contributed by atoms with Crippen LogP contribution in [0.4, 0.5) is 0 Å². The molecule has 2 aromatic rings. The summed E-state index contributed by atoms with van der Waals surface area (Å²) in [6, 6.07) is 8.46. The van der Waals surface area contributed by atoms with Crippen LogP contribution < -0.4 is 10.1 Å². The number of ether oxygens (including phenoxy) is 1. The summed E-state index contributed by atoms with van der Waals surface area (Å²) in [6.45, 7) is 5.15. The van der Waals surface area contributed by atoms with Crippen LogP contribution in [0.1, 0.15) is 29.8 Å². The Morgan fingerprint density at radius 2 is 2.10 bits per heavy atom. The number of hydrogen-bond donors (Lipinski definition) is 1. The molecule has 0 fully saturated rings. The van der Waals surface area contributed by atoms with Crippen molar-refractivity contribution in [1.29, 1.82) is 0 Å². The van der Waals surface area contributed by atoms with Crippen molar-refractivity contribution in [1.82, 2.24) is 15.3 Å². The second-order valence-corrected chi connectivity index (χ2v) is 5.78. The number of halogens is 1. The molecule has 1 unspecified atom stereocenters. The van der Waals surface area contributed by atoms with Crippen molar-refractivity contribution in [2.75, 3.05) is 13.7 Å². The van der Waals surface area contributed by atoms with E-state index in [1.165, 1.54) is 11.1 Å². The number of aromatic nitrogens is 2. The van der Waals surface area contributed by atoms with Crippen LogP contribution in [0.15, 0.2) is 35.1 Å². The van der Waals surface area contributed by atoms with Crippen molar-refractivity contribution >= 4 is 15.9 Å². The van der Waals surface area contributed by atoms with Gasteiger partial charge in [-0.15, -0.1) is 0 Å². The number of hydrogen-bond acceptors (Lipinski definition) is 4. The molecule has 1 aromatic heterocycles. The van der Waals surface area contributed by atoms with Gasteiger partial charge < -0.3 is 10.1 Å². The van der Waals surface area contributed by atoms with Crippen LogP contribution in [-0.4, -0.2) is 23.6 Å². The zero-order valence-corrected chi connectivity index (χ0v) is 14.1. The SMILES string of the molecule is CCNC(Cc1cc(OC)ncn1)c1cc(Br)ccc1C. The number of benzene rings is 1. The summed E-state index contributed by atoms with van der Waals surface area (Å²) >= 11 is 3.55. The van der Waals surface area contributed by atoms with Crippen LogP contribution in [0.5, 0.6) is 5.88 Å². The number of nitrogens with one attached hydrogen (secondary N) is 1. The third-order valence-corrected chi connectivity index (χ3v) is 3.88. The highest BCUT2D eigenvalue weighted by Gasteiger charge is 2.15. The number of likely N-dealkylation sites (N-methyl/N-ethyl adjacent to an activating group) is 1. The number of aryl methyl sites for hydroxylation is 1. The highest BCUT2D eigenvalue weighted by Crippen LogP contribution is 2.25. The normalized spacial score (nSPS) is 12.2. The van der Waals surface area contributed by atoms with Gasteiger partial charge in [-0.05, 0) is 36.7 Å². The van der Waals surface area contributed by atoms with E-state index in [1.54, 1.807) is 13.4 Å². The molecule has 2 rings (SSSR count). The van der Waals surface area contributed by atoms with Crippen molar-refractivity contribution in [2.45, 2.75) is 26.3 Å². The van der Waals surface area contributed by atoms with E-state index in [2.05, 4.69) is 63.3 Å². The van der Waals surface area contributed by atoms with Crippen molar-refractivity contribution < 1.29 is 4.74 Å². The summed E-state index contributed by atoms with van der Waals surface area (Å²) in [5.74, 6) is 0.598. The lowest BCUT2D eigenvalue weighted by atomic mass is 9.97. The van der Waals surface area contributed by atoms with Crippen molar-refractivity contribution in [2.24, 2.45) is 0 Å². The fourth-order valence-electron chi connectivity index (χ4n) is 2.33. The molecule has 4 nitrogen and oxygen atoms in total. The average Bonchev–Trinajstić information content (AvgIpc) is 2.49. The minimum atomic E-state index is 0.215. The zero-order chi connectivity index (χ0) is 15.2. The van der Waals surface area contributed by atoms with Gasteiger partial charge in [-0.3, -0.25) is 0 Å². The molecule has 0 aliphatic heterocycles. The minimum absolute atomic E-state index is 0.215. The molecule has 0 aliphatic carbocycles. The van der Waals surface area contributed by atoms with E-state index in [0.29, 0.717) is 5.88 Å². The standard InChI is InChI=1S/C16H20BrN3O/c1-4-18-15(14-7-12(17)6-5-11(14)2)8-13-9-16(21-3)20-10-19-13/h5-7,9-10,15,18H,4,8H2,1-3H3. The molecule has 1 N–H and O–H groups in total. The summed E-state index contributed by atoms with van der Waals surface area (Å²) in [5.41, 5.74) is 3.51. The molecular formula is C16H20BrN3O. The molecule has 0 bridgehead atoms. The minimum Gasteiger partial charge on any atom is -0.481 e. The highest BCUT2D eigenvalue weighted by atomic mass is 79.9. The zero-order valence-electron chi connectivity index (χ0n) is 12.6. The maximum absolute atomic E-state index is 5.17. The molecule has 1 atom stereocenters. The van der Waals surface area contributed by atoms with Crippen molar-refractivity contribution in [3.05, 3.63) is 51.9 Å². The summed E-state index contributed by atoms with van der Waals surface area (Å²) in [7, 11) is 1.62. The lowest BCUT2D eigenvalue weighted by Gasteiger charge is -2.20. The molecule has 0 saturated carbocycles. The Balaban J connectivity index is 2.28. The van der Waals surface area contributed by atoms with Gasteiger partial charge in [0.1, 0.15) is 6.33 Å². The molecule has 112 valence electrons. The van der Waals surface area contributed by atoms with Crippen LogP contribution in [0.2, 0.25) is 0 Å². The van der Waals surface area contributed by atoms with Gasteiger partial charge in [-0.25, -0.2) is 9.97 Å². The van der Waals surface area contributed by atoms with Crippen LogP contribution in [-0.2, 0) is 6.42 Å². The molecule has 0 amide bonds.